The zero-order chi connectivity index (χ0) is 13.4. The molecule has 3 nitrogen and oxygen atoms in total. The number of nitrogens with one attached hydrogen (secondary N) is 1. The van der Waals surface area contributed by atoms with E-state index in [4.69, 9.17) is 0 Å². The summed E-state index contributed by atoms with van der Waals surface area (Å²) in [6.07, 6.45) is 8.81. The number of thiophene rings is 1. The molecular formula is C15H19N3S2. The Morgan fingerprint density at radius 2 is 2.15 bits per heavy atom. The second-order valence-electron chi connectivity index (χ2n) is 5.75. The summed E-state index contributed by atoms with van der Waals surface area (Å²) in [7, 11) is 0. The average Bonchev–Trinajstić information content (AvgIpc) is 2.86. The first kappa shape index (κ1) is 12.9. The molecule has 2 heterocycles. The summed E-state index contributed by atoms with van der Waals surface area (Å²) in [5.41, 5.74) is 1.55. The van der Waals surface area contributed by atoms with Crippen LogP contribution in [0.4, 0.5) is 0 Å². The number of rotatable bonds is 6. The van der Waals surface area contributed by atoms with E-state index in [2.05, 4.69) is 21.6 Å². The third-order valence-electron chi connectivity index (χ3n) is 4.00. The summed E-state index contributed by atoms with van der Waals surface area (Å²) in [6.45, 7) is 1.12. The van der Waals surface area contributed by atoms with Gasteiger partial charge in [0.2, 0.25) is 0 Å². The number of aromatic nitrogens is 2. The molecule has 0 aromatic carbocycles. The molecule has 5 heteroatoms. The van der Waals surface area contributed by atoms with Crippen molar-refractivity contribution >= 4 is 22.7 Å². The van der Waals surface area contributed by atoms with Crippen LogP contribution < -0.4 is 5.32 Å². The van der Waals surface area contributed by atoms with E-state index in [1.165, 1.54) is 48.4 Å². The smallest absolute Gasteiger partial charge is 0.157 e. The number of hydrogen-bond donors (Lipinski definition) is 1. The largest absolute Gasteiger partial charge is 0.314 e. The van der Waals surface area contributed by atoms with Gasteiger partial charge in [-0.3, -0.25) is 0 Å². The molecule has 0 saturated heterocycles. The third-order valence-corrected chi connectivity index (χ3v) is 6.39. The summed E-state index contributed by atoms with van der Waals surface area (Å²) in [4.78, 5) is 2.90. The van der Waals surface area contributed by atoms with Gasteiger partial charge in [0.05, 0.1) is 4.88 Å². The van der Waals surface area contributed by atoms with Gasteiger partial charge in [0.15, 0.2) is 5.01 Å². The normalized spacial score (nSPS) is 17.6. The predicted octanol–water partition coefficient (Wildman–Crippen LogP) is 3.44. The Bertz CT molecular complexity index is 577. The van der Waals surface area contributed by atoms with Crippen LogP contribution in [-0.2, 0) is 19.3 Å². The van der Waals surface area contributed by atoms with E-state index in [1.807, 2.05) is 11.3 Å². The van der Waals surface area contributed by atoms with Crippen molar-refractivity contribution in [3.05, 3.63) is 21.5 Å². The molecule has 4 rings (SSSR count). The first-order valence-corrected chi connectivity index (χ1v) is 9.19. The molecule has 2 aliphatic rings. The molecule has 106 valence electrons. The van der Waals surface area contributed by atoms with Gasteiger partial charge in [-0.2, -0.15) is 0 Å². The quantitative estimate of drug-likeness (QED) is 0.831. The van der Waals surface area contributed by atoms with E-state index in [0.717, 1.165) is 24.0 Å². The van der Waals surface area contributed by atoms with Crippen molar-refractivity contribution in [1.82, 2.24) is 15.5 Å². The molecule has 0 spiro atoms. The molecule has 0 bridgehead atoms. The summed E-state index contributed by atoms with van der Waals surface area (Å²) in [6, 6.07) is 3.15. The van der Waals surface area contributed by atoms with Gasteiger partial charge in [0.1, 0.15) is 5.01 Å². The monoisotopic (exact) mass is 305 g/mol. The second kappa shape index (κ2) is 5.54. The van der Waals surface area contributed by atoms with Crippen LogP contribution in [0.3, 0.4) is 0 Å². The van der Waals surface area contributed by atoms with Crippen LogP contribution in [0.2, 0.25) is 0 Å². The first-order chi connectivity index (χ1) is 9.88. The minimum Gasteiger partial charge on any atom is -0.314 e. The van der Waals surface area contributed by atoms with Crippen LogP contribution in [0, 0.1) is 0 Å². The van der Waals surface area contributed by atoms with Crippen molar-refractivity contribution in [2.24, 2.45) is 0 Å². The molecule has 2 aliphatic carbocycles. The fraction of sp³-hybridized carbons (Fsp3) is 0.600. The number of fused-ring (bicyclic) bond motifs is 1. The molecule has 20 heavy (non-hydrogen) atoms. The summed E-state index contributed by atoms with van der Waals surface area (Å²) in [5, 5.41) is 14.6. The zero-order valence-corrected chi connectivity index (χ0v) is 13.2. The lowest BCUT2D eigenvalue weighted by Crippen LogP contribution is -2.17. The molecule has 2 aromatic rings. The summed E-state index contributed by atoms with van der Waals surface area (Å²) >= 11 is 3.70. The Balaban J connectivity index is 1.36. The van der Waals surface area contributed by atoms with E-state index in [1.54, 1.807) is 21.8 Å². The molecule has 0 atom stereocenters. The van der Waals surface area contributed by atoms with Crippen molar-refractivity contribution in [2.75, 3.05) is 6.54 Å². The van der Waals surface area contributed by atoms with Crippen LogP contribution in [0.25, 0.3) is 9.88 Å². The van der Waals surface area contributed by atoms with Gasteiger partial charge in [0.25, 0.3) is 0 Å². The zero-order valence-electron chi connectivity index (χ0n) is 11.5. The number of nitrogens with zero attached hydrogens (tertiary/aromatic N) is 2. The van der Waals surface area contributed by atoms with Gasteiger partial charge in [-0.05, 0) is 56.7 Å². The molecule has 0 radical (unpaired) electrons. The lowest BCUT2D eigenvalue weighted by atomic mass is 10.2. The van der Waals surface area contributed by atoms with Gasteiger partial charge in [-0.1, -0.05) is 11.3 Å². The van der Waals surface area contributed by atoms with E-state index >= 15 is 0 Å². The van der Waals surface area contributed by atoms with Crippen molar-refractivity contribution in [3.8, 4) is 9.88 Å². The van der Waals surface area contributed by atoms with Crippen molar-refractivity contribution < 1.29 is 0 Å². The lowest BCUT2D eigenvalue weighted by Gasteiger charge is -1.99. The highest BCUT2D eigenvalue weighted by atomic mass is 32.1. The van der Waals surface area contributed by atoms with Crippen LogP contribution >= 0.6 is 22.7 Å². The van der Waals surface area contributed by atoms with Gasteiger partial charge in [0, 0.05) is 17.3 Å². The molecule has 1 fully saturated rings. The van der Waals surface area contributed by atoms with Crippen molar-refractivity contribution in [1.29, 1.82) is 0 Å². The topological polar surface area (TPSA) is 37.8 Å². The van der Waals surface area contributed by atoms with Gasteiger partial charge in [-0.25, -0.2) is 0 Å². The van der Waals surface area contributed by atoms with Crippen molar-refractivity contribution in [3.63, 3.8) is 0 Å². The SMILES string of the molecule is c1c(-c2nnc(CCCNC3CC3)s2)sc2c1CCC2. The van der Waals surface area contributed by atoms with E-state index in [9.17, 15) is 0 Å². The first-order valence-electron chi connectivity index (χ1n) is 7.56. The Labute approximate surface area is 127 Å². The maximum absolute atomic E-state index is 4.38. The molecule has 2 aromatic heterocycles. The summed E-state index contributed by atoms with van der Waals surface area (Å²) in [5.74, 6) is 0. The second-order valence-corrected chi connectivity index (χ2v) is 7.94. The highest BCUT2D eigenvalue weighted by molar-refractivity contribution is 7.21. The van der Waals surface area contributed by atoms with Gasteiger partial charge >= 0.3 is 0 Å². The highest BCUT2D eigenvalue weighted by Crippen LogP contribution is 2.37. The van der Waals surface area contributed by atoms with E-state index in [0.29, 0.717) is 0 Å². The summed E-state index contributed by atoms with van der Waals surface area (Å²) < 4.78 is 0. The van der Waals surface area contributed by atoms with Crippen molar-refractivity contribution in [2.45, 2.75) is 51.0 Å². The Morgan fingerprint density at radius 3 is 3.00 bits per heavy atom. The Kier molecular flexibility index (Phi) is 3.58. The van der Waals surface area contributed by atoms with E-state index < -0.39 is 0 Å². The lowest BCUT2D eigenvalue weighted by molar-refractivity contribution is 0.643. The minimum absolute atomic E-state index is 0.813. The van der Waals surface area contributed by atoms with Gasteiger partial charge < -0.3 is 5.32 Å². The van der Waals surface area contributed by atoms with Crippen LogP contribution in [0.5, 0.6) is 0 Å². The molecule has 0 amide bonds. The maximum Gasteiger partial charge on any atom is 0.157 e. The van der Waals surface area contributed by atoms with Crippen LogP contribution in [0.15, 0.2) is 6.07 Å². The maximum atomic E-state index is 4.38. The average molecular weight is 305 g/mol. The molecule has 0 unspecified atom stereocenters. The fourth-order valence-corrected chi connectivity index (χ4v) is 4.90. The fourth-order valence-electron chi connectivity index (χ4n) is 2.72. The number of aryl methyl sites for hydroxylation is 3. The Hall–Kier alpha value is -0.780. The Morgan fingerprint density at radius 1 is 1.20 bits per heavy atom. The van der Waals surface area contributed by atoms with E-state index in [-0.39, 0.29) is 0 Å². The van der Waals surface area contributed by atoms with Crippen LogP contribution in [-0.4, -0.2) is 22.8 Å². The van der Waals surface area contributed by atoms with Gasteiger partial charge in [-0.15, -0.1) is 21.5 Å². The minimum atomic E-state index is 0.813. The van der Waals surface area contributed by atoms with Crippen LogP contribution in [0.1, 0.15) is 41.1 Å². The standard InChI is InChI=1S/C15H19N3S2/c1-3-10-9-13(19-12(10)4-1)15-18-17-14(20-15)5-2-8-16-11-6-7-11/h9,11,16H,1-8H2. The predicted molar refractivity (Wildman–Crippen MR) is 84.6 cm³/mol. The third kappa shape index (κ3) is 2.80. The molecular weight excluding hydrogens is 286 g/mol. The molecule has 0 aliphatic heterocycles. The molecule has 1 saturated carbocycles. The molecule has 1 N–H and O–H groups in total. The number of hydrogen-bond acceptors (Lipinski definition) is 5. The highest BCUT2D eigenvalue weighted by Gasteiger charge is 2.20.